The summed E-state index contributed by atoms with van der Waals surface area (Å²) >= 11 is 5.92. The van der Waals surface area contributed by atoms with E-state index in [1.165, 1.54) is 19.3 Å². The van der Waals surface area contributed by atoms with E-state index < -0.39 is 0 Å². The predicted octanol–water partition coefficient (Wildman–Crippen LogP) is 3.69. The molecule has 1 aliphatic carbocycles. The van der Waals surface area contributed by atoms with Crippen LogP contribution in [0.2, 0.25) is 5.02 Å². The minimum Gasteiger partial charge on any atom is -0.398 e. The van der Waals surface area contributed by atoms with Crippen molar-refractivity contribution < 1.29 is 4.79 Å². The van der Waals surface area contributed by atoms with Gasteiger partial charge in [-0.15, -0.1) is 0 Å². The van der Waals surface area contributed by atoms with E-state index in [1.807, 2.05) is 0 Å². The van der Waals surface area contributed by atoms with Crippen molar-refractivity contribution in [1.82, 2.24) is 0 Å². The number of carbonyl (C=O) groups is 1. The third kappa shape index (κ3) is 2.38. The fourth-order valence-corrected chi connectivity index (χ4v) is 2.46. The molecule has 1 aromatic rings. The molecule has 0 aliphatic heterocycles. The number of ketones is 1. The van der Waals surface area contributed by atoms with E-state index in [9.17, 15) is 4.79 Å². The molecule has 86 valence electrons. The van der Waals surface area contributed by atoms with Gasteiger partial charge in [-0.2, -0.15) is 0 Å². The molecule has 2 rings (SSSR count). The number of rotatable bonds is 2. The molecule has 16 heavy (non-hydrogen) atoms. The summed E-state index contributed by atoms with van der Waals surface area (Å²) in [4.78, 5) is 12.2. The Bertz CT molecular complexity index is 397. The van der Waals surface area contributed by atoms with Crippen LogP contribution in [0, 0.1) is 5.92 Å². The molecule has 1 saturated carbocycles. The molecule has 0 bridgehead atoms. The monoisotopic (exact) mass is 237 g/mol. The lowest BCUT2D eigenvalue weighted by atomic mass is 9.84. The lowest BCUT2D eigenvalue weighted by Crippen LogP contribution is -2.17. The second kappa shape index (κ2) is 4.88. The Hall–Kier alpha value is -1.02. The quantitative estimate of drug-likeness (QED) is 0.630. The Balaban J connectivity index is 2.16. The summed E-state index contributed by atoms with van der Waals surface area (Å²) in [7, 11) is 0. The Morgan fingerprint density at radius 3 is 2.56 bits per heavy atom. The van der Waals surface area contributed by atoms with Gasteiger partial charge in [0.2, 0.25) is 0 Å². The number of nitrogen functional groups attached to an aromatic ring is 1. The van der Waals surface area contributed by atoms with Crippen LogP contribution < -0.4 is 5.73 Å². The number of benzene rings is 1. The summed E-state index contributed by atoms with van der Waals surface area (Å²) in [6, 6.07) is 5.17. The molecular formula is C13H16ClNO. The van der Waals surface area contributed by atoms with Crippen molar-refractivity contribution in [3.8, 4) is 0 Å². The third-order valence-electron chi connectivity index (χ3n) is 3.26. The van der Waals surface area contributed by atoms with Gasteiger partial charge in [0, 0.05) is 11.5 Å². The van der Waals surface area contributed by atoms with Crippen molar-refractivity contribution in [2.75, 3.05) is 5.73 Å². The molecule has 1 aliphatic rings. The van der Waals surface area contributed by atoms with Gasteiger partial charge in [0.15, 0.2) is 5.78 Å². The van der Waals surface area contributed by atoms with Gasteiger partial charge in [0.05, 0.1) is 10.7 Å². The second-order valence-electron chi connectivity index (χ2n) is 4.44. The topological polar surface area (TPSA) is 43.1 Å². The normalized spacial score (nSPS) is 17.3. The number of Topliss-reactive ketones (excluding diaryl/α,β-unsaturated/α-hetero) is 1. The van der Waals surface area contributed by atoms with Crippen LogP contribution in [-0.2, 0) is 0 Å². The molecule has 2 N–H and O–H groups in total. The van der Waals surface area contributed by atoms with E-state index in [1.54, 1.807) is 18.2 Å². The standard InChI is InChI=1S/C13H16ClNO/c14-11-8-10(6-7-12(11)15)13(16)9-4-2-1-3-5-9/h6-9H,1-5,15H2. The van der Waals surface area contributed by atoms with Crippen LogP contribution in [0.15, 0.2) is 18.2 Å². The van der Waals surface area contributed by atoms with Gasteiger partial charge in [0.25, 0.3) is 0 Å². The fourth-order valence-electron chi connectivity index (χ4n) is 2.28. The first-order chi connectivity index (χ1) is 7.68. The smallest absolute Gasteiger partial charge is 0.165 e. The summed E-state index contributed by atoms with van der Waals surface area (Å²) in [6.07, 6.45) is 5.62. The molecule has 0 saturated heterocycles. The SMILES string of the molecule is Nc1ccc(C(=O)C2CCCCC2)cc1Cl. The van der Waals surface area contributed by atoms with E-state index >= 15 is 0 Å². The highest BCUT2D eigenvalue weighted by Gasteiger charge is 2.22. The van der Waals surface area contributed by atoms with Gasteiger partial charge in [-0.3, -0.25) is 4.79 Å². The highest BCUT2D eigenvalue weighted by atomic mass is 35.5. The number of hydrogen-bond donors (Lipinski definition) is 1. The summed E-state index contributed by atoms with van der Waals surface area (Å²) in [5.74, 6) is 0.412. The predicted molar refractivity (Wildman–Crippen MR) is 66.8 cm³/mol. The molecule has 1 aromatic carbocycles. The van der Waals surface area contributed by atoms with Crippen LogP contribution in [0.3, 0.4) is 0 Å². The molecule has 0 unspecified atom stereocenters. The Morgan fingerprint density at radius 1 is 1.25 bits per heavy atom. The van der Waals surface area contributed by atoms with Crippen LogP contribution in [0.25, 0.3) is 0 Å². The van der Waals surface area contributed by atoms with Gasteiger partial charge in [-0.1, -0.05) is 30.9 Å². The fraction of sp³-hybridized carbons (Fsp3) is 0.462. The Kier molecular flexibility index (Phi) is 3.49. The number of anilines is 1. The first kappa shape index (κ1) is 11.5. The number of halogens is 1. The average Bonchev–Trinajstić information content (AvgIpc) is 2.33. The Labute approximate surface area is 101 Å². The third-order valence-corrected chi connectivity index (χ3v) is 3.59. The summed E-state index contributed by atoms with van der Waals surface area (Å²) < 4.78 is 0. The second-order valence-corrected chi connectivity index (χ2v) is 4.84. The highest BCUT2D eigenvalue weighted by molar-refractivity contribution is 6.33. The summed E-state index contributed by atoms with van der Waals surface area (Å²) in [6.45, 7) is 0. The lowest BCUT2D eigenvalue weighted by molar-refractivity contribution is 0.0889. The summed E-state index contributed by atoms with van der Waals surface area (Å²) in [5, 5.41) is 0.474. The minimum atomic E-state index is 0.188. The number of carbonyl (C=O) groups excluding carboxylic acids is 1. The largest absolute Gasteiger partial charge is 0.398 e. The first-order valence-electron chi connectivity index (χ1n) is 5.77. The Morgan fingerprint density at radius 2 is 1.94 bits per heavy atom. The maximum Gasteiger partial charge on any atom is 0.165 e. The van der Waals surface area contributed by atoms with Gasteiger partial charge in [-0.05, 0) is 31.0 Å². The first-order valence-corrected chi connectivity index (χ1v) is 6.15. The summed E-state index contributed by atoms with van der Waals surface area (Å²) in [5.41, 5.74) is 6.85. The van der Waals surface area contributed by atoms with E-state index in [0.717, 1.165) is 12.8 Å². The lowest BCUT2D eigenvalue weighted by Gasteiger charge is -2.20. The van der Waals surface area contributed by atoms with Crippen LogP contribution in [0.5, 0.6) is 0 Å². The van der Waals surface area contributed by atoms with Gasteiger partial charge >= 0.3 is 0 Å². The van der Waals surface area contributed by atoms with Crippen LogP contribution >= 0.6 is 11.6 Å². The molecule has 0 radical (unpaired) electrons. The van der Waals surface area contributed by atoms with E-state index in [2.05, 4.69) is 0 Å². The minimum absolute atomic E-state index is 0.188. The molecule has 0 atom stereocenters. The van der Waals surface area contributed by atoms with Crippen molar-refractivity contribution in [1.29, 1.82) is 0 Å². The molecule has 1 fully saturated rings. The molecule has 0 aromatic heterocycles. The molecular weight excluding hydrogens is 222 g/mol. The molecule has 0 heterocycles. The zero-order chi connectivity index (χ0) is 11.5. The average molecular weight is 238 g/mol. The maximum absolute atomic E-state index is 12.2. The number of nitrogens with two attached hydrogens (primary N) is 1. The van der Waals surface area contributed by atoms with Gasteiger partial charge in [-0.25, -0.2) is 0 Å². The van der Waals surface area contributed by atoms with Crippen molar-refractivity contribution >= 4 is 23.1 Å². The molecule has 3 heteroatoms. The maximum atomic E-state index is 12.2. The van der Waals surface area contributed by atoms with Crippen LogP contribution in [0.4, 0.5) is 5.69 Å². The van der Waals surface area contributed by atoms with Crippen LogP contribution in [0.1, 0.15) is 42.5 Å². The van der Waals surface area contributed by atoms with E-state index in [4.69, 9.17) is 17.3 Å². The molecule has 0 amide bonds. The van der Waals surface area contributed by atoms with E-state index in [0.29, 0.717) is 16.3 Å². The van der Waals surface area contributed by atoms with E-state index in [-0.39, 0.29) is 11.7 Å². The molecule has 0 spiro atoms. The van der Waals surface area contributed by atoms with Crippen molar-refractivity contribution in [3.63, 3.8) is 0 Å². The molecule has 2 nitrogen and oxygen atoms in total. The zero-order valence-electron chi connectivity index (χ0n) is 9.21. The highest BCUT2D eigenvalue weighted by Crippen LogP contribution is 2.28. The number of hydrogen-bond acceptors (Lipinski definition) is 2. The van der Waals surface area contributed by atoms with Crippen molar-refractivity contribution in [3.05, 3.63) is 28.8 Å². The van der Waals surface area contributed by atoms with Crippen molar-refractivity contribution in [2.24, 2.45) is 5.92 Å². The van der Waals surface area contributed by atoms with Crippen LogP contribution in [-0.4, -0.2) is 5.78 Å². The van der Waals surface area contributed by atoms with Gasteiger partial charge < -0.3 is 5.73 Å². The zero-order valence-corrected chi connectivity index (χ0v) is 9.96. The van der Waals surface area contributed by atoms with Crippen molar-refractivity contribution in [2.45, 2.75) is 32.1 Å². The van der Waals surface area contributed by atoms with Gasteiger partial charge in [0.1, 0.15) is 0 Å².